The van der Waals surface area contributed by atoms with Crippen LogP contribution < -0.4 is 5.32 Å². The quantitative estimate of drug-likeness (QED) is 0.790. The van der Waals surface area contributed by atoms with Gasteiger partial charge in [0.05, 0.1) is 0 Å². The van der Waals surface area contributed by atoms with Crippen LogP contribution in [0.1, 0.15) is 30.8 Å². The molecule has 21 heavy (non-hydrogen) atoms. The predicted octanol–water partition coefficient (Wildman–Crippen LogP) is 3.83. The van der Waals surface area contributed by atoms with Crippen molar-refractivity contribution in [2.75, 3.05) is 13.1 Å². The average molecular weight is 307 g/mol. The van der Waals surface area contributed by atoms with Crippen LogP contribution in [0.4, 0.5) is 4.39 Å². The lowest BCUT2D eigenvalue weighted by atomic mass is 10.1. The maximum absolute atomic E-state index is 13.9. The molecule has 0 saturated heterocycles. The zero-order chi connectivity index (χ0) is 15.2. The number of benzene rings is 1. The number of hydrogen-bond acceptors (Lipinski definition) is 4. The van der Waals surface area contributed by atoms with Gasteiger partial charge in [-0.25, -0.2) is 4.39 Å². The molecular formula is C16H22FN3S. The van der Waals surface area contributed by atoms with Crippen LogP contribution in [0.2, 0.25) is 0 Å². The van der Waals surface area contributed by atoms with Gasteiger partial charge in [0.1, 0.15) is 10.8 Å². The van der Waals surface area contributed by atoms with Gasteiger partial charge in [0.2, 0.25) is 0 Å². The van der Waals surface area contributed by atoms with E-state index in [-0.39, 0.29) is 5.82 Å². The van der Waals surface area contributed by atoms with Crippen molar-refractivity contribution in [3.05, 3.63) is 34.6 Å². The minimum atomic E-state index is -0.226. The van der Waals surface area contributed by atoms with E-state index >= 15 is 0 Å². The van der Waals surface area contributed by atoms with Gasteiger partial charge in [-0.1, -0.05) is 31.3 Å². The fourth-order valence-electron chi connectivity index (χ4n) is 2.01. The van der Waals surface area contributed by atoms with E-state index in [0.29, 0.717) is 16.5 Å². The monoisotopic (exact) mass is 307 g/mol. The minimum Gasteiger partial charge on any atom is -0.316 e. The first kappa shape index (κ1) is 16.0. The Morgan fingerprint density at radius 2 is 2.10 bits per heavy atom. The molecule has 5 heteroatoms. The van der Waals surface area contributed by atoms with Gasteiger partial charge >= 0.3 is 0 Å². The van der Waals surface area contributed by atoms with E-state index < -0.39 is 0 Å². The van der Waals surface area contributed by atoms with Gasteiger partial charge < -0.3 is 5.32 Å². The number of aryl methyl sites for hydroxylation is 2. The van der Waals surface area contributed by atoms with Crippen LogP contribution in [0.25, 0.3) is 10.6 Å². The van der Waals surface area contributed by atoms with Crippen molar-refractivity contribution < 1.29 is 4.39 Å². The predicted molar refractivity (Wildman–Crippen MR) is 86.1 cm³/mol. The molecule has 0 aliphatic heterocycles. The highest BCUT2D eigenvalue weighted by Crippen LogP contribution is 2.27. The summed E-state index contributed by atoms with van der Waals surface area (Å²) in [6, 6.07) is 5.21. The Balaban J connectivity index is 1.89. The van der Waals surface area contributed by atoms with Crippen molar-refractivity contribution >= 4 is 11.3 Å². The minimum absolute atomic E-state index is 0.226. The standard InChI is InChI=1S/C16H22FN3S/c1-11(2)10-18-8-4-5-15-19-20-16(21-15)13-7-6-12(3)9-14(13)17/h6-7,9,11,18H,4-5,8,10H2,1-3H3. The molecule has 0 fully saturated rings. The smallest absolute Gasteiger partial charge is 0.150 e. The second kappa shape index (κ2) is 7.61. The van der Waals surface area contributed by atoms with Crippen molar-refractivity contribution in [2.45, 2.75) is 33.6 Å². The van der Waals surface area contributed by atoms with Gasteiger partial charge in [-0.05, 0) is 50.0 Å². The Labute approximate surface area is 129 Å². The molecule has 0 aliphatic carbocycles. The summed E-state index contributed by atoms with van der Waals surface area (Å²) in [5, 5.41) is 13.3. The first-order valence-corrected chi connectivity index (χ1v) is 8.17. The molecule has 114 valence electrons. The number of hydrogen-bond donors (Lipinski definition) is 1. The first-order chi connectivity index (χ1) is 10.1. The van der Waals surface area contributed by atoms with E-state index in [9.17, 15) is 4.39 Å². The molecule has 1 aromatic carbocycles. The van der Waals surface area contributed by atoms with Crippen LogP contribution in [0.3, 0.4) is 0 Å². The highest BCUT2D eigenvalue weighted by atomic mass is 32.1. The van der Waals surface area contributed by atoms with Gasteiger partial charge in [0.15, 0.2) is 5.01 Å². The third-order valence-corrected chi connectivity index (χ3v) is 4.13. The number of aromatic nitrogens is 2. The van der Waals surface area contributed by atoms with Crippen LogP contribution in [0.5, 0.6) is 0 Å². The van der Waals surface area contributed by atoms with E-state index in [1.165, 1.54) is 17.4 Å². The van der Waals surface area contributed by atoms with Crippen LogP contribution >= 0.6 is 11.3 Å². The molecule has 0 aliphatic rings. The zero-order valence-corrected chi connectivity index (χ0v) is 13.6. The molecule has 1 aromatic heterocycles. The summed E-state index contributed by atoms with van der Waals surface area (Å²) in [4.78, 5) is 0. The highest BCUT2D eigenvalue weighted by molar-refractivity contribution is 7.14. The lowest BCUT2D eigenvalue weighted by molar-refractivity contribution is 0.542. The Hall–Kier alpha value is -1.33. The Kier molecular flexibility index (Phi) is 5.82. The molecule has 2 rings (SSSR count). The molecule has 1 N–H and O–H groups in total. The highest BCUT2D eigenvalue weighted by Gasteiger charge is 2.11. The summed E-state index contributed by atoms with van der Waals surface area (Å²) >= 11 is 1.48. The summed E-state index contributed by atoms with van der Waals surface area (Å²) in [6.45, 7) is 8.28. The van der Waals surface area contributed by atoms with E-state index in [2.05, 4.69) is 29.4 Å². The second-order valence-electron chi connectivity index (χ2n) is 5.69. The van der Waals surface area contributed by atoms with Gasteiger partial charge in [-0.3, -0.25) is 0 Å². The molecule has 0 spiro atoms. The van der Waals surface area contributed by atoms with Gasteiger partial charge in [-0.15, -0.1) is 10.2 Å². The SMILES string of the molecule is Cc1ccc(-c2nnc(CCCNCC(C)C)s2)c(F)c1. The van der Waals surface area contributed by atoms with Gasteiger partial charge in [-0.2, -0.15) is 0 Å². The molecule has 3 nitrogen and oxygen atoms in total. The summed E-state index contributed by atoms with van der Waals surface area (Å²) in [6.07, 6.45) is 1.91. The van der Waals surface area contributed by atoms with E-state index in [0.717, 1.165) is 36.5 Å². The molecule has 0 radical (unpaired) electrons. The third kappa shape index (κ3) is 4.86. The summed E-state index contributed by atoms with van der Waals surface area (Å²) in [5.41, 5.74) is 1.46. The summed E-state index contributed by atoms with van der Waals surface area (Å²) in [7, 11) is 0. The van der Waals surface area contributed by atoms with Crippen molar-refractivity contribution in [3.63, 3.8) is 0 Å². The number of halogens is 1. The first-order valence-electron chi connectivity index (χ1n) is 7.36. The number of rotatable bonds is 7. The van der Waals surface area contributed by atoms with Crippen LogP contribution in [0.15, 0.2) is 18.2 Å². The number of nitrogens with one attached hydrogen (secondary N) is 1. The van der Waals surface area contributed by atoms with Crippen LogP contribution in [-0.4, -0.2) is 23.3 Å². The molecule has 0 amide bonds. The van der Waals surface area contributed by atoms with Crippen molar-refractivity contribution in [1.29, 1.82) is 0 Å². The van der Waals surface area contributed by atoms with E-state index in [4.69, 9.17) is 0 Å². The van der Waals surface area contributed by atoms with Crippen molar-refractivity contribution in [2.24, 2.45) is 5.92 Å². The second-order valence-corrected chi connectivity index (χ2v) is 6.75. The van der Waals surface area contributed by atoms with Gasteiger partial charge in [0.25, 0.3) is 0 Å². The molecule has 0 unspecified atom stereocenters. The van der Waals surface area contributed by atoms with Crippen LogP contribution in [0, 0.1) is 18.7 Å². The average Bonchev–Trinajstić information content (AvgIpc) is 2.86. The van der Waals surface area contributed by atoms with Crippen molar-refractivity contribution in [3.8, 4) is 10.6 Å². The lowest BCUT2D eigenvalue weighted by Crippen LogP contribution is -2.21. The summed E-state index contributed by atoms with van der Waals surface area (Å²) < 4.78 is 13.9. The Morgan fingerprint density at radius 3 is 2.81 bits per heavy atom. The number of nitrogens with zero attached hydrogens (tertiary/aromatic N) is 2. The molecule has 0 bridgehead atoms. The molecular weight excluding hydrogens is 285 g/mol. The third-order valence-electron chi connectivity index (χ3n) is 3.12. The topological polar surface area (TPSA) is 37.8 Å². The maximum Gasteiger partial charge on any atom is 0.150 e. The van der Waals surface area contributed by atoms with E-state index in [1.54, 1.807) is 6.07 Å². The summed E-state index contributed by atoms with van der Waals surface area (Å²) in [5.74, 6) is 0.443. The van der Waals surface area contributed by atoms with Gasteiger partial charge in [0, 0.05) is 12.0 Å². The van der Waals surface area contributed by atoms with Crippen LogP contribution in [-0.2, 0) is 6.42 Å². The molecule has 1 heterocycles. The lowest BCUT2D eigenvalue weighted by Gasteiger charge is -2.05. The van der Waals surface area contributed by atoms with Crippen molar-refractivity contribution in [1.82, 2.24) is 15.5 Å². The molecule has 0 saturated carbocycles. The molecule has 2 aromatic rings. The fourth-order valence-corrected chi connectivity index (χ4v) is 2.92. The zero-order valence-electron chi connectivity index (χ0n) is 12.8. The normalized spacial score (nSPS) is 11.3. The molecule has 0 atom stereocenters. The van der Waals surface area contributed by atoms with E-state index in [1.807, 2.05) is 13.0 Å². The fraction of sp³-hybridized carbons (Fsp3) is 0.500. The Morgan fingerprint density at radius 1 is 1.29 bits per heavy atom. The maximum atomic E-state index is 13.9. The Bertz CT molecular complexity index is 581. The largest absolute Gasteiger partial charge is 0.316 e.